The van der Waals surface area contributed by atoms with Crippen molar-refractivity contribution in [3.63, 3.8) is 0 Å². The number of thiazole rings is 1. The summed E-state index contributed by atoms with van der Waals surface area (Å²) in [5, 5.41) is 5.86. The normalized spacial score (nSPS) is 11.8. The Labute approximate surface area is 118 Å². The number of nitrogens with zero attached hydrogens (tertiary/aromatic N) is 1. The van der Waals surface area contributed by atoms with Gasteiger partial charge in [0.2, 0.25) is 0 Å². The number of benzene rings is 1. The molecule has 0 fully saturated rings. The van der Waals surface area contributed by atoms with Crippen LogP contribution in [0, 0.1) is 5.82 Å². The standard InChI is InChI=1S/C13H14BrFN2S/c1-13(2,16-3)11-7-18-12(17-11)9-6-8(14)4-5-10(9)15/h4-7,16H,1-3H3. The lowest BCUT2D eigenvalue weighted by Gasteiger charge is -2.21. The van der Waals surface area contributed by atoms with Crippen LogP contribution in [0.4, 0.5) is 4.39 Å². The van der Waals surface area contributed by atoms with Gasteiger partial charge < -0.3 is 5.32 Å². The van der Waals surface area contributed by atoms with Crippen molar-refractivity contribution in [3.8, 4) is 10.6 Å². The molecule has 0 unspecified atom stereocenters. The van der Waals surface area contributed by atoms with Crippen molar-refractivity contribution in [2.75, 3.05) is 7.05 Å². The number of aromatic nitrogens is 1. The van der Waals surface area contributed by atoms with Crippen molar-refractivity contribution < 1.29 is 4.39 Å². The van der Waals surface area contributed by atoms with Crippen LogP contribution in [0.2, 0.25) is 0 Å². The van der Waals surface area contributed by atoms with Gasteiger partial charge in [-0.25, -0.2) is 9.37 Å². The molecule has 0 radical (unpaired) electrons. The first-order valence-electron chi connectivity index (χ1n) is 5.54. The Hall–Kier alpha value is -0.780. The quantitative estimate of drug-likeness (QED) is 0.914. The second-order valence-electron chi connectivity index (χ2n) is 4.54. The molecule has 2 aromatic rings. The predicted molar refractivity (Wildman–Crippen MR) is 77.3 cm³/mol. The molecular formula is C13H14BrFN2S. The monoisotopic (exact) mass is 328 g/mol. The second-order valence-corrected chi connectivity index (χ2v) is 6.31. The van der Waals surface area contributed by atoms with Crippen LogP contribution in [0.5, 0.6) is 0 Å². The lowest BCUT2D eigenvalue weighted by molar-refractivity contribution is 0.434. The molecule has 18 heavy (non-hydrogen) atoms. The van der Waals surface area contributed by atoms with Gasteiger partial charge in [-0.3, -0.25) is 0 Å². The Bertz CT molecular complexity index is 566. The molecule has 0 aliphatic heterocycles. The lowest BCUT2D eigenvalue weighted by atomic mass is 10.0. The van der Waals surface area contributed by atoms with Crippen molar-refractivity contribution in [2.24, 2.45) is 0 Å². The fourth-order valence-corrected chi connectivity index (χ4v) is 2.84. The summed E-state index contributed by atoms with van der Waals surface area (Å²) >= 11 is 4.81. The second kappa shape index (κ2) is 5.07. The molecule has 0 bridgehead atoms. The maximum atomic E-state index is 13.8. The molecule has 96 valence electrons. The molecule has 5 heteroatoms. The van der Waals surface area contributed by atoms with E-state index in [9.17, 15) is 4.39 Å². The molecule has 1 N–H and O–H groups in total. The van der Waals surface area contributed by atoms with E-state index in [1.54, 1.807) is 12.1 Å². The maximum absolute atomic E-state index is 13.8. The van der Waals surface area contributed by atoms with E-state index in [2.05, 4.69) is 26.2 Å². The molecule has 0 aliphatic rings. The van der Waals surface area contributed by atoms with Crippen molar-refractivity contribution in [1.82, 2.24) is 10.3 Å². The van der Waals surface area contributed by atoms with Crippen LogP contribution in [-0.2, 0) is 5.54 Å². The van der Waals surface area contributed by atoms with E-state index in [-0.39, 0.29) is 11.4 Å². The average Bonchev–Trinajstić information content (AvgIpc) is 2.82. The zero-order valence-electron chi connectivity index (χ0n) is 10.4. The zero-order chi connectivity index (χ0) is 13.3. The van der Waals surface area contributed by atoms with E-state index in [0.717, 1.165) is 10.2 Å². The Balaban J connectivity index is 2.44. The molecule has 1 aromatic heterocycles. The molecule has 1 aromatic carbocycles. The van der Waals surface area contributed by atoms with Gasteiger partial charge in [-0.2, -0.15) is 0 Å². The van der Waals surface area contributed by atoms with E-state index in [1.807, 2.05) is 26.3 Å². The van der Waals surface area contributed by atoms with Gasteiger partial charge in [0.15, 0.2) is 0 Å². The van der Waals surface area contributed by atoms with E-state index < -0.39 is 0 Å². The third-order valence-electron chi connectivity index (χ3n) is 2.93. The van der Waals surface area contributed by atoms with Crippen LogP contribution in [0.3, 0.4) is 0 Å². The van der Waals surface area contributed by atoms with Gasteiger partial charge in [0.25, 0.3) is 0 Å². The highest BCUT2D eigenvalue weighted by Gasteiger charge is 2.22. The zero-order valence-corrected chi connectivity index (χ0v) is 12.8. The first-order valence-corrected chi connectivity index (χ1v) is 7.21. The first kappa shape index (κ1) is 13.6. The van der Waals surface area contributed by atoms with Crippen molar-refractivity contribution >= 4 is 27.3 Å². The maximum Gasteiger partial charge on any atom is 0.133 e. The topological polar surface area (TPSA) is 24.9 Å². The Kier molecular flexibility index (Phi) is 3.84. The summed E-state index contributed by atoms with van der Waals surface area (Å²) in [6.45, 7) is 4.09. The summed E-state index contributed by atoms with van der Waals surface area (Å²) in [5.74, 6) is -0.249. The minimum Gasteiger partial charge on any atom is -0.310 e. The van der Waals surface area contributed by atoms with Crippen LogP contribution in [-0.4, -0.2) is 12.0 Å². The number of nitrogens with one attached hydrogen (secondary N) is 1. The van der Waals surface area contributed by atoms with Crippen molar-refractivity contribution in [1.29, 1.82) is 0 Å². The number of halogens is 2. The van der Waals surface area contributed by atoms with Gasteiger partial charge in [-0.1, -0.05) is 15.9 Å². The van der Waals surface area contributed by atoms with Crippen molar-refractivity contribution in [3.05, 3.63) is 39.6 Å². The van der Waals surface area contributed by atoms with Gasteiger partial charge in [-0.05, 0) is 39.1 Å². The third kappa shape index (κ3) is 2.63. The van der Waals surface area contributed by atoms with Crippen LogP contribution in [0.15, 0.2) is 28.1 Å². The molecule has 2 rings (SSSR count). The van der Waals surface area contributed by atoms with Crippen LogP contribution in [0.25, 0.3) is 10.6 Å². The molecule has 0 saturated carbocycles. The van der Waals surface area contributed by atoms with Gasteiger partial charge in [-0.15, -0.1) is 11.3 Å². The van der Waals surface area contributed by atoms with Gasteiger partial charge in [0, 0.05) is 15.4 Å². The minimum atomic E-state index is -0.249. The molecule has 0 aliphatic carbocycles. The summed E-state index contributed by atoms with van der Waals surface area (Å²) in [4.78, 5) is 4.52. The van der Waals surface area contributed by atoms with Crippen LogP contribution >= 0.6 is 27.3 Å². The highest BCUT2D eigenvalue weighted by molar-refractivity contribution is 9.10. The fraction of sp³-hybridized carbons (Fsp3) is 0.308. The number of rotatable bonds is 3. The highest BCUT2D eigenvalue weighted by Crippen LogP contribution is 2.31. The smallest absolute Gasteiger partial charge is 0.133 e. The van der Waals surface area contributed by atoms with Gasteiger partial charge in [0.1, 0.15) is 10.8 Å². The van der Waals surface area contributed by atoms with Crippen molar-refractivity contribution in [2.45, 2.75) is 19.4 Å². The van der Waals surface area contributed by atoms with Crippen LogP contribution in [0.1, 0.15) is 19.5 Å². The third-order valence-corrected chi connectivity index (χ3v) is 4.30. The lowest BCUT2D eigenvalue weighted by Crippen LogP contribution is -2.33. The summed E-state index contributed by atoms with van der Waals surface area (Å²) < 4.78 is 14.6. The average molecular weight is 329 g/mol. The summed E-state index contributed by atoms with van der Waals surface area (Å²) in [5.41, 5.74) is 1.24. The summed E-state index contributed by atoms with van der Waals surface area (Å²) in [6, 6.07) is 4.89. The summed E-state index contributed by atoms with van der Waals surface area (Å²) in [6.07, 6.45) is 0. The molecule has 1 heterocycles. The highest BCUT2D eigenvalue weighted by atomic mass is 79.9. The minimum absolute atomic E-state index is 0.211. The predicted octanol–water partition coefficient (Wildman–Crippen LogP) is 4.17. The number of hydrogen-bond acceptors (Lipinski definition) is 3. The molecule has 0 amide bonds. The van der Waals surface area contributed by atoms with E-state index in [1.165, 1.54) is 17.4 Å². The van der Waals surface area contributed by atoms with Gasteiger partial charge >= 0.3 is 0 Å². The van der Waals surface area contributed by atoms with E-state index in [4.69, 9.17) is 0 Å². The van der Waals surface area contributed by atoms with Gasteiger partial charge in [0.05, 0.1) is 11.2 Å². The summed E-state index contributed by atoms with van der Waals surface area (Å²) in [7, 11) is 1.89. The van der Waals surface area contributed by atoms with Crippen LogP contribution < -0.4 is 5.32 Å². The Morgan fingerprint density at radius 1 is 1.39 bits per heavy atom. The number of hydrogen-bond donors (Lipinski definition) is 1. The fourth-order valence-electron chi connectivity index (χ4n) is 1.47. The largest absolute Gasteiger partial charge is 0.310 e. The van der Waals surface area contributed by atoms with E-state index in [0.29, 0.717) is 10.6 Å². The molecule has 0 atom stereocenters. The molecule has 2 nitrogen and oxygen atoms in total. The SMILES string of the molecule is CNC(C)(C)c1csc(-c2cc(Br)ccc2F)n1. The molecular weight excluding hydrogens is 315 g/mol. The Morgan fingerprint density at radius 3 is 2.78 bits per heavy atom. The first-order chi connectivity index (χ1) is 8.44. The molecule has 0 spiro atoms. The Morgan fingerprint density at radius 2 is 2.11 bits per heavy atom. The van der Waals surface area contributed by atoms with E-state index >= 15 is 0 Å². The molecule has 0 saturated heterocycles.